The van der Waals surface area contributed by atoms with Gasteiger partial charge in [0.25, 0.3) is 0 Å². The number of ether oxygens (including phenoxy) is 4. The average Bonchev–Trinajstić information content (AvgIpc) is 2.97. The molecule has 0 aromatic heterocycles. The lowest BCUT2D eigenvalue weighted by molar-refractivity contribution is -0.137. The highest BCUT2D eigenvalue weighted by Gasteiger charge is 2.34. The SMILES string of the molecule is COCCCN1CCOc2ccc(CO[C@H]3CNC[C@@H](O)[C@@H]3c3ccc(Oc4ccc(C(F)(F)F)cc4)cc3)cc21. The summed E-state index contributed by atoms with van der Waals surface area (Å²) in [7, 11) is 1.71. The number of halogens is 3. The topological polar surface area (TPSA) is 72.4 Å². The second-order valence-electron chi connectivity index (χ2n) is 10.3. The van der Waals surface area contributed by atoms with Crippen LogP contribution in [0, 0.1) is 0 Å². The van der Waals surface area contributed by atoms with Crippen molar-refractivity contribution in [1.29, 1.82) is 0 Å². The monoisotopic (exact) mass is 572 g/mol. The molecule has 3 atom stereocenters. The van der Waals surface area contributed by atoms with Crippen LogP contribution < -0.4 is 19.7 Å². The van der Waals surface area contributed by atoms with Gasteiger partial charge in [0, 0.05) is 39.3 Å². The number of nitrogens with one attached hydrogen (secondary N) is 1. The average molecular weight is 573 g/mol. The normalized spacial score (nSPS) is 20.8. The fourth-order valence-corrected chi connectivity index (χ4v) is 5.32. The predicted molar refractivity (Wildman–Crippen MR) is 149 cm³/mol. The van der Waals surface area contributed by atoms with Crippen LogP contribution in [0.3, 0.4) is 0 Å². The number of methoxy groups -OCH3 is 1. The summed E-state index contributed by atoms with van der Waals surface area (Å²) in [6.45, 7) is 4.47. The second kappa shape index (κ2) is 13.1. The quantitative estimate of drug-likeness (QED) is 0.317. The van der Waals surface area contributed by atoms with Crippen LogP contribution in [-0.4, -0.2) is 63.8 Å². The highest BCUT2D eigenvalue weighted by atomic mass is 19.4. The molecule has 10 heteroatoms. The standard InChI is InChI=1S/C31H35F3N2O5/c1-38-15-2-13-36-14-16-39-28-12-3-21(17-26(28)36)20-40-29-19-35-18-27(37)30(29)22-4-8-24(9-5-22)41-25-10-6-23(7-11-25)31(32,33)34/h3-12,17,27,29-30,35,37H,2,13-16,18-20H2,1H3/t27-,29+,30+/m1/s1. The highest BCUT2D eigenvalue weighted by molar-refractivity contribution is 5.61. The first-order chi connectivity index (χ1) is 19.8. The number of hydrogen-bond donors (Lipinski definition) is 2. The first-order valence-electron chi connectivity index (χ1n) is 13.8. The van der Waals surface area contributed by atoms with E-state index in [0.29, 0.717) is 44.4 Å². The summed E-state index contributed by atoms with van der Waals surface area (Å²) in [5.41, 5.74) is 2.24. The van der Waals surface area contributed by atoms with Crippen molar-refractivity contribution in [2.75, 3.05) is 51.4 Å². The summed E-state index contributed by atoms with van der Waals surface area (Å²) in [4.78, 5) is 2.31. The molecule has 3 aromatic carbocycles. The van der Waals surface area contributed by atoms with Gasteiger partial charge < -0.3 is 34.3 Å². The zero-order chi connectivity index (χ0) is 28.8. The van der Waals surface area contributed by atoms with Crippen molar-refractivity contribution in [2.45, 2.75) is 37.3 Å². The van der Waals surface area contributed by atoms with Crippen LogP contribution in [0.4, 0.5) is 18.9 Å². The van der Waals surface area contributed by atoms with Crippen LogP contribution in [0.15, 0.2) is 66.7 Å². The fraction of sp³-hybridized carbons (Fsp3) is 0.419. The molecule has 2 aliphatic heterocycles. The number of aliphatic hydroxyl groups excluding tert-OH is 1. The van der Waals surface area contributed by atoms with E-state index in [-0.39, 0.29) is 12.0 Å². The molecule has 0 aliphatic carbocycles. The number of anilines is 1. The van der Waals surface area contributed by atoms with Gasteiger partial charge in [-0.25, -0.2) is 0 Å². The van der Waals surface area contributed by atoms with Crippen molar-refractivity contribution < 1.29 is 37.2 Å². The van der Waals surface area contributed by atoms with Crippen LogP contribution in [0.25, 0.3) is 0 Å². The number of benzene rings is 3. The van der Waals surface area contributed by atoms with Gasteiger partial charge in [0.1, 0.15) is 23.9 Å². The second-order valence-corrected chi connectivity index (χ2v) is 10.3. The minimum absolute atomic E-state index is 0.261. The van der Waals surface area contributed by atoms with E-state index in [2.05, 4.69) is 16.3 Å². The lowest BCUT2D eigenvalue weighted by Crippen LogP contribution is -2.49. The van der Waals surface area contributed by atoms with Crippen molar-refractivity contribution in [3.8, 4) is 17.2 Å². The maximum absolute atomic E-state index is 12.8. The molecule has 2 aliphatic rings. The third kappa shape index (κ3) is 7.32. The maximum Gasteiger partial charge on any atom is 0.416 e. The summed E-state index contributed by atoms with van der Waals surface area (Å²) in [6, 6.07) is 17.9. The predicted octanol–water partition coefficient (Wildman–Crippen LogP) is 5.37. The minimum atomic E-state index is -4.40. The van der Waals surface area contributed by atoms with Crippen LogP contribution in [0.1, 0.15) is 29.0 Å². The summed E-state index contributed by atoms with van der Waals surface area (Å²) in [5, 5.41) is 14.1. The number of fused-ring (bicyclic) bond motifs is 1. The van der Waals surface area contributed by atoms with Gasteiger partial charge in [-0.05, 0) is 66.1 Å². The van der Waals surface area contributed by atoms with Gasteiger partial charge in [-0.15, -0.1) is 0 Å². The Morgan fingerprint density at radius 2 is 1.73 bits per heavy atom. The fourth-order valence-electron chi connectivity index (χ4n) is 5.32. The molecule has 1 fully saturated rings. The third-order valence-corrected chi connectivity index (χ3v) is 7.42. The molecule has 220 valence electrons. The van der Waals surface area contributed by atoms with Crippen molar-refractivity contribution in [3.05, 3.63) is 83.4 Å². The van der Waals surface area contributed by atoms with E-state index in [1.807, 2.05) is 24.3 Å². The van der Waals surface area contributed by atoms with E-state index in [9.17, 15) is 18.3 Å². The summed E-state index contributed by atoms with van der Waals surface area (Å²) < 4.78 is 61.7. The number of aliphatic hydroxyl groups is 1. The van der Waals surface area contributed by atoms with Crippen molar-refractivity contribution in [1.82, 2.24) is 5.32 Å². The van der Waals surface area contributed by atoms with Gasteiger partial charge in [0.05, 0.1) is 36.6 Å². The first kappa shape index (κ1) is 29.2. The highest BCUT2D eigenvalue weighted by Crippen LogP contribution is 2.35. The molecule has 0 radical (unpaired) electrons. The Morgan fingerprint density at radius 1 is 1.00 bits per heavy atom. The van der Waals surface area contributed by atoms with Crippen molar-refractivity contribution in [2.24, 2.45) is 0 Å². The molecule has 0 spiro atoms. The Hall–Kier alpha value is -3.31. The summed E-state index contributed by atoms with van der Waals surface area (Å²) >= 11 is 0. The molecule has 7 nitrogen and oxygen atoms in total. The number of hydrogen-bond acceptors (Lipinski definition) is 7. The molecule has 2 heterocycles. The molecule has 5 rings (SSSR count). The Balaban J connectivity index is 1.24. The molecule has 0 bridgehead atoms. The molecule has 2 N–H and O–H groups in total. The van der Waals surface area contributed by atoms with E-state index in [4.69, 9.17) is 18.9 Å². The van der Waals surface area contributed by atoms with Crippen LogP contribution in [0.2, 0.25) is 0 Å². The van der Waals surface area contributed by atoms with Crippen LogP contribution >= 0.6 is 0 Å². The van der Waals surface area contributed by atoms with Gasteiger partial charge in [0.2, 0.25) is 0 Å². The van der Waals surface area contributed by atoms with E-state index < -0.39 is 17.8 Å². The molecule has 0 saturated carbocycles. The Bertz CT molecular complexity index is 1270. The molecular weight excluding hydrogens is 537 g/mol. The molecule has 1 saturated heterocycles. The summed E-state index contributed by atoms with van der Waals surface area (Å²) in [6.07, 6.45) is -4.39. The van der Waals surface area contributed by atoms with Crippen molar-refractivity contribution >= 4 is 5.69 Å². The van der Waals surface area contributed by atoms with Crippen LogP contribution in [0.5, 0.6) is 17.2 Å². The lowest BCUT2D eigenvalue weighted by atomic mass is 9.85. The molecule has 3 aromatic rings. The van der Waals surface area contributed by atoms with E-state index >= 15 is 0 Å². The smallest absolute Gasteiger partial charge is 0.416 e. The Kier molecular flexibility index (Phi) is 9.34. The zero-order valence-corrected chi connectivity index (χ0v) is 22.9. The number of rotatable bonds is 10. The molecule has 41 heavy (non-hydrogen) atoms. The van der Waals surface area contributed by atoms with Gasteiger partial charge in [-0.3, -0.25) is 0 Å². The van der Waals surface area contributed by atoms with E-state index in [0.717, 1.165) is 54.2 Å². The summed E-state index contributed by atoms with van der Waals surface area (Å²) in [5.74, 6) is 1.40. The number of piperidine rings is 1. The number of alkyl halides is 3. The molecule has 0 amide bonds. The maximum atomic E-state index is 12.8. The van der Waals surface area contributed by atoms with E-state index in [1.165, 1.54) is 12.1 Å². The first-order valence-corrected chi connectivity index (χ1v) is 13.8. The number of β-amino-alcohol motifs (C(OH)–C–C–N with tert-alkyl or cyclic N) is 1. The van der Waals surface area contributed by atoms with Gasteiger partial charge in [-0.2, -0.15) is 13.2 Å². The van der Waals surface area contributed by atoms with Gasteiger partial charge >= 0.3 is 6.18 Å². The number of nitrogens with zero attached hydrogens (tertiary/aromatic N) is 1. The van der Waals surface area contributed by atoms with Gasteiger partial charge in [0.15, 0.2) is 0 Å². The largest absolute Gasteiger partial charge is 0.490 e. The Labute approximate surface area is 237 Å². The zero-order valence-electron chi connectivity index (χ0n) is 22.9. The van der Waals surface area contributed by atoms with Crippen molar-refractivity contribution in [3.63, 3.8) is 0 Å². The lowest BCUT2D eigenvalue weighted by Gasteiger charge is -2.36. The minimum Gasteiger partial charge on any atom is -0.490 e. The molecule has 0 unspecified atom stereocenters. The van der Waals surface area contributed by atoms with Gasteiger partial charge in [-0.1, -0.05) is 18.2 Å². The Morgan fingerprint density at radius 3 is 2.44 bits per heavy atom. The molecular formula is C31H35F3N2O5. The van der Waals surface area contributed by atoms with Crippen LogP contribution in [-0.2, 0) is 22.3 Å². The van der Waals surface area contributed by atoms with E-state index in [1.54, 1.807) is 19.2 Å². The third-order valence-electron chi connectivity index (χ3n) is 7.42.